The second-order valence-corrected chi connectivity index (χ2v) is 8.09. The topological polar surface area (TPSA) is 59.7 Å². The van der Waals surface area contributed by atoms with Crippen LogP contribution in [-0.4, -0.2) is 71.9 Å². The summed E-state index contributed by atoms with van der Waals surface area (Å²) in [5, 5.41) is 1.01. The van der Waals surface area contributed by atoms with Crippen molar-refractivity contribution in [1.29, 1.82) is 0 Å². The Labute approximate surface area is 169 Å². The smallest absolute Gasteiger partial charge is 0.319 e. The highest BCUT2D eigenvalue weighted by Crippen LogP contribution is 2.30. The van der Waals surface area contributed by atoms with E-state index < -0.39 is 0 Å². The highest BCUT2D eigenvalue weighted by molar-refractivity contribution is 5.93. The van der Waals surface area contributed by atoms with Gasteiger partial charge in [0, 0.05) is 68.9 Å². The van der Waals surface area contributed by atoms with Crippen molar-refractivity contribution in [3.8, 4) is 0 Å². The third-order valence-corrected chi connectivity index (χ3v) is 6.01. The van der Waals surface area contributed by atoms with Crippen molar-refractivity contribution in [2.24, 2.45) is 5.92 Å². The Morgan fingerprint density at radius 3 is 2.55 bits per heavy atom. The second-order valence-electron chi connectivity index (χ2n) is 8.09. The van der Waals surface area contributed by atoms with Gasteiger partial charge in [0.05, 0.1) is 0 Å². The van der Waals surface area contributed by atoms with E-state index in [9.17, 15) is 14.0 Å². The maximum atomic E-state index is 13.4. The monoisotopic (exact) mass is 398 g/mol. The van der Waals surface area contributed by atoms with Crippen LogP contribution in [0.25, 0.3) is 16.5 Å². The number of nitrogens with one attached hydrogen (secondary N) is 1. The number of benzene rings is 1. The molecular formula is C22H27FN4O2. The summed E-state index contributed by atoms with van der Waals surface area (Å²) in [5.41, 5.74) is 3.07. The summed E-state index contributed by atoms with van der Waals surface area (Å²) in [6.45, 7) is 2.55. The lowest BCUT2D eigenvalue weighted by molar-refractivity contribution is -0.136. The summed E-state index contributed by atoms with van der Waals surface area (Å²) in [6.07, 6.45) is 6.26. The van der Waals surface area contributed by atoms with Gasteiger partial charge in [-0.15, -0.1) is 0 Å². The van der Waals surface area contributed by atoms with E-state index in [2.05, 4.69) is 11.1 Å². The van der Waals surface area contributed by atoms with Crippen molar-refractivity contribution in [3.05, 3.63) is 41.9 Å². The molecule has 0 radical (unpaired) electrons. The quantitative estimate of drug-likeness (QED) is 0.844. The summed E-state index contributed by atoms with van der Waals surface area (Å²) >= 11 is 0. The number of amides is 3. The summed E-state index contributed by atoms with van der Waals surface area (Å²) in [7, 11) is 3.50. The van der Waals surface area contributed by atoms with Gasteiger partial charge < -0.3 is 19.7 Å². The van der Waals surface area contributed by atoms with Crippen molar-refractivity contribution in [2.45, 2.75) is 19.3 Å². The van der Waals surface area contributed by atoms with Gasteiger partial charge in [0.1, 0.15) is 5.82 Å². The molecule has 0 unspecified atom stereocenters. The molecule has 0 aliphatic carbocycles. The number of likely N-dealkylation sites (tertiary alicyclic amines) is 1. The Balaban J connectivity index is 1.38. The van der Waals surface area contributed by atoms with E-state index in [1.807, 2.05) is 16.0 Å². The van der Waals surface area contributed by atoms with Crippen LogP contribution in [-0.2, 0) is 4.79 Å². The highest BCUT2D eigenvalue weighted by Gasteiger charge is 2.31. The van der Waals surface area contributed by atoms with E-state index >= 15 is 0 Å². The van der Waals surface area contributed by atoms with Crippen molar-refractivity contribution < 1.29 is 14.0 Å². The van der Waals surface area contributed by atoms with Gasteiger partial charge in [0.25, 0.3) is 0 Å². The molecule has 0 saturated carbocycles. The van der Waals surface area contributed by atoms with Crippen LogP contribution >= 0.6 is 0 Å². The molecule has 2 aromatic rings. The Morgan fingerprint density at radius 1 is 1.14 bits per heavy atom. The molecule has 0 spiro atoms. The largest absolute Gasteiger partial charge is 0.360 e. The Morgan fingerprint density at radius 2 is 1.90 bits per heavy atom. The van der Waals surface area contributed by atoms with E-state index in [1.165, 1.54) is 17.7 Å². The number of hydrogen-bond acceptors (Lipinski definition) is 2. The molecule has 4 rings (SSSR count). The molecule has 1 saturated heterocycles. The number of carbonyl (C=O) groups is 2. The van der Waals surface area contributed by atoms with Crippen molar-refractivity contribution in [2.75, 3.05) is 40.3 Å². The highest BCUT2D eigenvalue weighted by atomic mass is 19.1. The molecule has 29 heavy (non-hydrogen) atoms. The molecule has 0 atom stereocenters. The number of rotatable bonds is 2. The lowest BCUT2D eigenvalue weighted by Gasteiger charge is -2.36. The fourth-order valence-electron chi connectivity index (χ4n) is 4.34. The Bertz CT molecular complexity index is 957. The molecular weight excluding hydrogens is 371 g/mol. The number of piperidine rings is 1. The molecule has 2 aliphatic heterocycles. The van der Waals surface area contributed by atoms with Crippen molar-refractivity contribution in [1.82, 2.24) is 19.7 Å². The summed E-state index contributed by atoms with van der Waals surface area (Å²) in [5.74, 6) is -0.0656. The van der Waals surface area contributed by atoms with Crippen LogP contribution in [0.1, 0.15) is 24.8 Å². The minimum absolute atomic E-state index is 0.00720. The van der Waals surface area contributed by atoms with Crippen LogP contribution in [0.3, 0.4) is 0 Å². The molecule has 0 bridgehead atoms. The van der Waals surface area contributed by atoms with Gasteiger partial charge in [-0.05, 0) is 43.0 Å². The molecule has 2 aliphatic rings. The Kier molecular flexibility index (Phi) is 5.30. The summed E-state index contributed by atoms with van der Waals surface area (Å²) in [6, 6.07) is 4.80. The Hall–Kier alpha value is -2.83. The van der Waals surface area contributed by atoms with Gasteiger partial charge in [0.2, 0.25) is 5.91 Å². The van der Waals surface area contributed by atoms with Crippen LogP contribution in [0, 0.1) is 11.7 Å². The maximum absolute atomic E-state index is 13.4. The van der Waals surface area contributed by atoms with Gasteiger partial charge in [0.15, 0.2) is 0 Å². The zero-order valence-corrected chi connectivity index (χ0v) is 16.9. The third kappa shape index (κ3) is 3.86. The van der Waals surface area contributed by atoms with E-state index in [0.717, 1.165) is 35.7 Å². The molecule has 1 aromatic carbocycles. The number of aromatic nitrogens is 1. The number of carbonyl (C=O) groups excluding carboxylic acids is 2. The standard InChI is InChI=1S/C22H27FN4O2/c1-25(2)22(29)27-11-7-16(8-12-27)21(28)26-9-5-15(6-10-26)19-14-24-20-13-17(23)3-4-18(19)20/h3-5,13-14,16,24H,6-12H2,1-2H3. The maximum Gasteiger partial charge on any atom is 0.319 e. The van der Waals surface area contributed by atoms with Crippen LogP contribution < -0.4 is 0 Å². The first-order valence-electron chi connectivity index (χ1n) is 10.1. The third-order valence-electron chi connectivity index (χ3n) is 6.01. The van der Waals surface area contributed by atoms with Crippen LogP contribution in [0.4, 0.5) is 9.18 Å². The van der Waals surface area contributed by atoms with E-state index in [-0.39, 0.29) is 23.7 Å². The van der Waals surface area contributed by atoms with Crippen LogP contribution in [0.2, 0.25) is 0 Å². The molecule has 154 valence electrons. The fraction of sp³-hybridized carbons (Fsp3) is 0.455. The van der Waals surface area contributed by atoms with Gasteiger partial charge in [-0.3, -0.25) is 4.79 Å². The first-order chi connectivity index (χ1) is 13.9. The molecule has 1 fully saturated rings. The number of aromatic amines is 1. The first-order valence-corrected chi connectivity index (χ1v) is 10.1. The van der Waals surface area contributed by atoms with Gasteiger partial charge in [-0.1, -0.05) is 6.08 Å². The molecule has 7 heteroatoms. The van der Waals surface area contributed by atoms with Gasteiger partial charge in [-0.25, -0.2) is 9.18 Å². The minimum atomic E-state index is -0.251. The predicted molar refractivity (Wildman–Crippen MR) is 111 cm³/mol. The number of halogens is 1. The summed E-state index contributed by atoms with van der Waals surface area (Å²) in [4.78, 5) is 33.5. The lowest BCUT2D eigenvalue weighted by atomic mass is 9.93. The van der Waals surface area contributed by atoms with Gasteiger partial charge >= 0.3 is 6.03 Å². The lowest BCUT2D eigenvalue weighted by Crippen LogP contribution is -2.47. The fourth-order valence-corrected chi connectivity index (χ4v) is 4.34. The number of fused-ring (bicyclic) bond motifs is 1. The molecule has 3 amide bonds. The first kappa shape index (κ1) is 19.5. The summed E-state index contributed by atoms with van der Waals surface area (Å²) < 4.78 is 13.4. The zero-order chi connectivity index (χ0) is 20.5. The molecule has 6 nitrogen and oxygen atoms in total. The van der Waals surface area contributed by atoms with Gasteiger partial charge in [-0.2, -0.15) is 0 Å². The minimum Gasteiger partial charge on any atom is -0.360 e. The molecule has 1 aromatic heterocycles. The number of urea groups is 1. The normalized spacial score (nSPS) is 18.1. The van der Waals surface area contributed by atoms with Crippen LogP contribution in [0.5, 0.6) is 0 Å². The van der Waals surface area contributed by atoms with E-state index in [1.54, 1.807) is 25.1 Å². The SMILES string of the molecule is CN(C)C(=O)N1CCC(C(=O)N2CC=C(c3c[nH]c4cc(F)ccc34)CC2)CC1. The average molecular weight is 398 g/mol. The molecule has 3 heterocycles. The van der Waals surface area contributed by atoms with Crippen molar-refractivity contribution in [3.63, 3.8) is 0 Å². The molecule has 1 N–H and O–H groups in total. The second kappa shape index (κ2) is 7.89. The van der Waals surface area contributed by atoms with E-state index in [4.69, 9.17) is 0 Å². The van der Waals surface area contributed by atoms with Crippen molar-refractivity contribution >= 4 is 28.4 Å². The number of nitrogens with zero attached hydrogens (tertiary/aromatic N) is 3. The number of hydrogen-bond donors (Lipinski definition) is 1. The number of H-pyrrole nitrogens is 1. The van der Waals surface area contributed by atoms with E-state index in [0.29, 0.717) is 26.2 Å². The average Bonchev–Trinajstić information content (AvgIpc) is 3.16. The van der Waals surface area contributed by atoms with Crippen LogP contribution in [0.15, 0.2) is 30.5 Å². The predicted octanol–water partition coefficient (Wildman–Crippen LogP) is 3.32. The zero-order valence-electron chi connectivity index (χ0n) is 16.9.